The lowest BCUT2D eigenvalue weighted by Crippen LogP contribution is -2.14. The fourth-order valence-corrected chi connectivity index (χ4v) is 3.39. The smallest absolute Gasteiger partial charge is 0.278 e. The summed E-state index contributed by atoms with van der Waals surface area (Å²) in [5.41, 5.74) is 2.11. The molecular formula is C17H16BrCl2N5O. The van der Waals surface area contributed by atoms with Crippen molar-refractivity contribution in [3.05, 3.63) is 61.9 Å². The Kier molecular flexibility index (Phi) is 5.70. The van der Waals surface area contributed by atoms with Gasteiger partial charge in [-0.05, 0) is 47.5 Å². The van der Waals surface area contributed by atoms with E-state index in [2.05, 4.69) is 31.4 Å². The summed E-state index contributed by atoms with van der Waals surface area (Å²) in [5, 5.41) is 12.6. The molecule has 0 unspecified atom stereocenters. The number of carbonyl (C=O) groups excluding carboxylic acids is 1. The second-order valence-corrected chi connectivity index (χ2v) is 7.40. The predicted molar refractivity (Wildman–Crippen MR) is 106 cm³/mol. The van der Waals surface area contributed by atoms with Crippen LogP contribution >= 0.6 is 39.1 Å². The Labute approximate surface area is 169 Å². The second-order valence-electron chi connectivity index (χ2n) is 5.70. The van der Waals surface area contributed by atoms with Gasteiger partial charge in [0.15, 0.2) is 11.5 Å². The van der Waals surface area contributed by atoms with Crippen molar-refractivity contribution >= 4 is 50.9 Å². The first-order chi connectivity index (χ1) is 12.4. The van der Waals surface area contributed by atoms with Gasteiger partial charge in [0.1, 0.15) is 0 Å². The molecule has 1 N–H and O–H groups in total. The summed E-state index contributed by atoms with van der Waals surface area (Å²) < 4.78 is 4.09. The highest BCUT2D eigenvalue weighted by atomic mass is 79.9. The minimum atomic E-state index is -0.321. The molecule has 1 aromatic carbocycles. The molecule has 0 saturated carbocycles. The summed E-state index contributed by atoms with van der Waals surface area (Å²) in [7, 11) is 0. The molecule has 136 valence electrons. The highest BCUT2D eigenvalue weighted by Crippen LogP contribution is 2.23. The number of hydrogen-bond donors (Lipinski definition) is 1. The van der Waals surface area contributed by atoms with Crippen molar-refractivity contribution in [2.24, 2.45) is 0 Å². The van der Waals surface area contributed by atoms with E-state index in [0.29, 0.717) is 39.1 Å². The van der Waals surface area contributed by atoms with Crippen molar-refractivity contribution in [1.29, 1.82) is 0 Å². The first kappa shape index (κ1) is 18.9. The molecule has 2 heterocycles. The van der Waals surface area contributed by atoms with E-state index < -0.39 is 0 Å². The summed E-state index contributed by atoms with van der Waals surface area (Å²) in [5.74, 6) is 0.133. The molecule has 9 heteroatoms. The van der Waals surface area contributed by atoms with Crippen molar-refractivity contribution in [3.63, 3.8) is 0 Å². The maximum absolute atomic E-state index is 12.4. The van der Waals surface area contributed by atoms with Gasteiger partial charge < -0.3 is 5.32 Å². The first-order valence-electron chi connectivity index (χ1n) is 7.90. The number of aryl methyl sites for hydroxylation is 2. The monoisotopic (exact) mass is 455 g/mol. The van der Waals surface area contributed by atoms with Gasteiger partial charge in [-0.2, -0.15) is 10.2 Å². The highest BCUT2D eigenvalue weighted by molar-refractivity contribution is 9.10. The summed E-state index contributed by atoms with van der Waals surface area (Å²) in [6, 6.07) is 7.14. The summed E-state index contributed by atoms with van der Waals surface area (Å²) in [4.78, 5) is 12.4. The van der Waals surface area contributed by atoms with E-state index in [4.69, 9.17) is 23.2 Å². The Morgan fingerprint density at radius 3 is 2.69 bits per heavy atom. The van der Waals surface area contributed by atoms with Gasteiger partial charge in [-0.15, -0.1) is 0 Å². The number of carbonyl (C=O) groups is 1. The number of halogens is 3. The van der Waals surface area contributed by atoms with E-state index in [1.807, 2.05) is 19.9 Å². The number of amides is 1. The number of benzene rings is 1. The van der Waals surface area contributed by atoms with Crippen LogP contribution in [0.3, 0.4) is 0 Å². The quantitative estimate of drug-likeness (QED) is 0.600. The average Bonchev–Trinajstić information content (AvgIpc) is 3.12. The van der Waals surface area contributed by atoms with E-state index >= 15 is 0 Å². The van der Waals surface area contributed by atoms with E-state index in [0.717, 1.165) is 11.3 Å². The van der Waals surface area contributed by atoms with Gasteiger partial charge in [0.2, 0.25) is 0 Å². The van der Waals surface area contributed by atoms with Crippen molar-refractivity contribution in [1.82, 2.24) is 19.6 Å². The van der Waals surface area contributed by atoms with Gasteiger partial charge in [0, 0.05) is 34.5 Å². The summed E-state index contributed by atoms with van der Waals surface area (Å²) in [6.45, 7) is 5.02. The molecule has 0 fully saturated rings. The zero-order valence-electron chi connectivity index (χ0n) is 14.1. The number of anilines is 1. The minimum absolute atomic E-state index is 0.319. The molecule has 3 aromatic rings. The largest absolute Gasteiger partial charge is 0.304 e. The summed E-state index contributed by atoms with van der Waals surface area (Å²) >= 11 is 15.5. The standard InChI is InChI=1S/C17H16BrCl2N5O/c1-3-24-9-13(18)16(23-24)17(26)21-15-6-10(2)25(22-15)8-11-4-5-12(19)7-14(11)20/h4-7,9H,3,8H2,1-2H3,(H,21,22,26). The van der Waals surface area contributed by atoms with Crippen LogP contribution in [0, 0.1) is 6.92 Å². The Hall–Kier alpha value is -1.83. The number of rotatable bonds is 5. The van der Waals surface area contributed by atoms with E-state index in [1.165, 1.54) is 0 Å². The lowest BCUT2D eigenvalue weighted by molar-refractivity contribution is 0.102. The van der Waals surface area contributed by atoms with Crippen LogP contribution in [-0.4, -0.2) is 25.5 Å². The molecule has 0 aliphatic rings. The molecule has 3 rings (SSSR count). The Morgan fingerprint density at radius 1 is 1.27 bits per heavy atom. The fourth-order valence-electron chi connectivity index (χ4n) is 2.43. The van der Waals surface area contributed by atoms with Gasteiger partial charge >= 0.3 is 0 Å². The maximum Gasteiger partial charge on any atom is 0.278 e. The maximum atomic E-state index is 12.4. The molecule has 0 radical (unpaired) electrons. The Bertz CT molecular complexity index is 966. The van der Waals surface area contributed by atoms with Crippen molar-refractivity contribution < 1.29 is 4.79 Å². The Balaban J connectivity index is 1.77. The number of hydrogen-bond acceptors (Lipinski definition) is 3. The minimum Gasteiger partial charge on any atom is -0.304 e. The van der Waals surface area contributed by atoms with Crippen LogP contribution in [0.1, 0.15) is 28.7 Å². The van der Waals surface area contributed by atoms with Crippen LogP contribution in [-0.2, 0) is 13.1 Å². The fraction of sp³-hybridized carbons (Fsp3) is 0.235. The second kappa shape index (κ2) is 7.82. The normalized spacial score (nSPS) is 11.0. The third kappa shape index (κ3) is 4.11. The topological polar surface area (TPSA) is 64.7 Å². The SMILES string of the molecule is CCn1cc(Br)c(C(=O)Nc2cc(C)n(Cc3ccc(Cl)cc3Cl)n2)n1. The third-order valence-electron chi connectivity index (χ3n) is 3.81. The molecule has 1 amide bonds. The van der Waals surface area contributed by atoms with E-state index in [1.54, 1.807) is 33.8 Å². The van der Waals surface area contributed by atoms with Gasteiger partial charge in [-0.3, -0.25) is 14.2 Å². The molecule has 26 heavy (non-hydrogen) atoms. The van der Waals surface area contributed by atoms with Crippen LogP contribution in [0.25, 0.3) is 0 Å². The molecular weight excluding hydrogens is 441 g/mol. The predicted octanol–water partition coefficient (Wildman–Crippen LogP) is 4.78. The molecule has 0 saturated heterocycles. The number of aromatic nitrogens is 4. The molecule has 0 aliphatic carbocycles. The Morgan fingerprint density at radius 2 is 2.04 bits per heavy atom. The molecule has 0 atom stereocenters. The molecule has 0 aliphatic heterocycles. The molecule has 0 bridgehead atoms. The number of nitrogens with one attached hydrogen (secondary N) is 1. The molecule has 6 nitrogen and oxygen atoms in total. The molecule has 0 spiro atoms. The van der Waals surface area contributed by atoms with Crippen molar-refractivity contribution in [2.75, 3.05) is 5.32 Å². The lowest BCUT2D eigenvalue weighted by Gasteiger charge is -2.07. The van der Waals surface area contributed by atoms with Crippen molar-refractivity contribution in [2.45, 2.75) is 26.9 Å². The zero-order chi connectivity index (χ0) is 18.8. The van der Waals surface area contributed by atoms with Crippen LogP contribution in [0.15, 0.2) is 34.9 Å². The molecule has 2 aromatic heterocycles. The van der Waals surface area contributed by atoms with Crippen molar-refractivity contribution in [3.8, 4) is 0 Å². The van der Waals surface area contributed by atoms with Gasteiger partial charge in [-0.1, -0.05) is 29.3 Å². The van der Waals surface area contributed by atoms with E-state index in [9.17, 15) is 4.79 Å². The van der Waals surface area contributed by atoms with Crippen LogP contribution in [0.4, 0.5) is 5.82 Å². The van der Waals surface area contributed by atoms with Crippen LogP contribution in [0.5, 0.6) is 0 Å². The zero-order valence-corrected chi connectivity index (χ0v) is 17.2. The van der Waals surface area contributed by atoms with Crippen LogP contribution < -0.4 is 5.32 Å². The summed E-state index contributed by atoms with van der Waals surface area (Å²) in [6.07, 6.45) is 1.77. The van der Waals surface area contributed by atoms with Gasteiger partial charge in [0.25, 0.3) is 5.91 Å². The van der Waals surface area contributed by atoms with Gasteiger partial charge in [0.05, 0.1) is 11.0 Å². The highest BCUT2D eigenvalue weighted by Gasteiger charge is 2.17. The third-order valence-corrected chi connectivity index (χ3v) is 4.98. The number of nitrogens with zero attached hydrogens (tertiary/aromatic N) is 4. The first-order valence-corrected chi connectivity index (χ1v) is 9.45. The van der Waals surface area contributed by atoms with Crippen LogP contribution in [0.2, 0.25) is 10.0 Å². The average molecular weight is 457 g/mol. The lowest BCUT2D eigenvalue weighted by atomic mass is 10.2. The van der Waals surface area contributed by atoms with E-state index in [-0.39, 0.29) is 5.91 Å². The van der Waals surface area contributed by atoms with Gasteiger partial charge in [-0.25, -0.2) is 0 Å².